The zero-order valence-electron chi connectivity index (χ0n) is 18.3. The summed E-state index contributed by atoms with van der Waals surface area (Å²) >= 11 is 5.99. The SMILES string of the molecule is CC(C)[C@@H](NC(=O)c1ccccc1NC(N)=O)C(=O)N1CCC(c2ccc(Cl)cc2)CC1. The number of hydrogen-bond donors (Lipinski definition) is 3. The molecular formula is C24H29ClN4O3. The van der Waals surface area contributed by atoms with Crippen LogP contribution in [0.25, 0.3) is 0 Å². The molecule has 0 aliphatic carbocycles. The second-order valence-corrected chi connectivity index (χ2v) is 8.82. The maximum Gasteiger partial charge on any atom is 0.316 e. The third-order valence-corrected chi connectivity index (χ3v) is 6.05. The van der Waals surface area contributed by atoms with Crippen LogP contribution in [0.4, 0.5) is 10.5 Å². The second kappa shape index (κ2) is 10.5. The van der Waals surface area contributed by atoms with E-state index in [1.807, 2.05) is 43.0 Å². The number of para-hydroxylation sites is 1. The van der Waals surface area contributed by atoms with Gasteiger partial charge in [0.15, 0.2) is 0 Å². The number of nitrogens with two attached hydrogens (primary N) is 1. The van der Waals surface area contributed by atoms with Crippen molar-refractivity contribution >= 4 is 35.1 Å². The maximum atomic E-state index is 13.3. The molecule has 0 unspecified atom stereocenters. The number of nitrogens with zero attached hydrogens (tertiary/aromatic N) is 1. The summed E-state index contributed by atoms with van der Waals surface area (Å²) in [6.45, 7) is 5.06. The van der Waals surface area contributed by atoms with Crippen molar-refractivity contribution in [3.8, 4) is 0 Å². The van der Waals surface area contributed by atoms with E-state index in [9.17, 15) is 14.4 Å². The average molecular weight is 457 g/mol. The monoisotopic (exact) mass is 456 g/mol. The van der Waals surface area contributed by atoms with Gasteiger partial charge in [-0.3, -0.25) is 9.59 Å². The maximum absolute atomic E-state index is 13.3. The summed E-state index contributed by atoms with van der Waals surface area (Å²) in [5, 5.41) is 6.02. The Labute approximate surface area is 193 Å². The van der Waals surface area contributed by atoms with Crippen LogP contribution in [0.15, 0.2) is 48.5 Å². The Bertz CT molecular complexity index is 969. The molecule has 0 spiro atoms. The molecule has 3 rings (SSSR count). The van der Waals surface area contributed by atoms with Gasteiger partial charge in [-0.2, -0.15) is 0 Å². The van der Waals surface area contributed by atoms with E-state index in [0.717, 1.165) is 12.8 Å². The molecule has 2 aromatic carbocycles. The molecule has 1 heterocycles. The van der Waals surface area contributed by atoms with Gasteiger partial charge in [0.2, 0.25) is 5.91 Å². The van der Waals surface area contributed by atoms with E-state index in [1.54, 1.807) is 24.3 Å². The van der Waals surface area contributed by atoms with Gasteiger partial charge in [0.1, 0.15) is 6.04 Å². The summed E-state index contributed by atoms with van der Waals surface area (Å²) in [6, 6.07) is 13.0. The Hall–Kier alpha value is -3.06. The Kier molecular flexibility index (Phi) is 7.75. The molecule has 0 radical (unpaired) electrons. The number of piperidine rings is 1. The zero-order valence-corrected chi connectivity index (χ0v) is 19.1. The molecule has 0 saturated carbocycles. The summed E-state index contributed by atoms with van der Waals surface area (Å²) in [5.74, 6) is -0.243. The van der Waals surface area contributed by atoms with Gasteiger partial charge in [0.05, 0.1) is 11.3 Å². The van der Waals surface area contributed by atoms with E-state index >= 15 is 0 Å². The number of urea groups is 1. The number of primary amides is 1. The summed E-state index contributed by atoms with van der Waals surface area (Å²) in [4.78, 5) is 39.3. The predicted octanol–water partition coefficient (Wildman–Crippen LogP) is 3.99. The third kappa shape index (κ3) is 5.79. The molecule has 1 fully saturated rings. The summed E-state index contributed by atoms with van der Waals surface area (Å²) in [5.41, 5.74) is 6.99. The molecule has 1 aliphatic rings. The first-order valence-electron chi connectivity index (χ1n) is 10.8. The van der Waals surface area contributed by atoms with Crippen LogP contribution in [-0.2, 0) is 4.79 Å². The van der Waals surface area contributed by atoms with E-state index in [1.165, 1.54) is 5.56 Å². The first-order valence-corrected chi connectivity index (χ1v) is 11.1. The number of benzene rings is 2. The highest BCUT2D eigenvalue weighted by Gasteiger charge is 2.32. The molecule has 7 nitrogen and oxygen atoms in total. The van der Waals surface area contributed by atoms with Gasteiger partial charge in [-0.15, -0.1) is 0 Å². The quantitative estimate of drug-likeness (QED) is 0.612. The van der Waals surface area contributed by atoms with E-state index in [4.69, 9.17) is 17.3 Å². The fourth-order valence-electron chi connectivity index (χ4n) is 4.02. The number of likely N-dealkylation sites (tertiary alicyclic amines) is 1. The molecule has 170 valence electrons. The van der Waals surface area contributed by atoms with Gasteiger partial charge >= 0.3 is 6.03 Å². The minimum Gasteiger partial charge on any atom is -0.351 e. The van der Waals surface area contributed by atoms with Crippen molar-refractivity contribution in [1.82, 2.24) is 10.2 Å². The highest BCUT2D eigenvalue weighted by Crippen LogP contribution is 2.29. The van der Waals surface area contributed by atoms with Crippen molar-refractivity contribution in [2.45, 2.75) is 38.6 Å². The van der Waals surface area contributed by atoms with E-state index < -0.39 is 18.0 Å². The average Bonchev–Trinajstić information content (AvgIpc) is 2.77. The van der Waals surface area contributed by atoms with Crippen LogP contribution in [0, 0.1) is 5.92 Å². The van der Waals surface area contributed by atoms with Crippen LogP contribution < -0.4 is 16.4 Å². The van der Waals surface area contributed by atoms with E-state index in [-0.39, 0.29) is 17.4 Å². The van der Waals surface area contributed by atoms with Gasteiger partial charge < -0.3 is 21.3 Å². The number of carbonyl (C=O) groups excluding carboxylic acids is 3. The molecule has 4 N–H and O–H groups in total. The fourth-order valence-corrected chi connectivity index (χ4v) is 4.15. The molecular weight excluding hydrogens is 428 g/mol. The fraction of sp³-hybridized carbons (Fsp3) is 0.375. The number of nitrogens with one attached hydrogen (secondary N) is 2. The van der Waals surface area contributed by atoms with Crippen LogP contribution in [0.5, 0.6) is 0 Å². The molecule has 1 atom stereocenters. The minimum atomic E-state index is -0.759. The Balaban J connectivity index is 1.66. The largest absolute Gasteiger partial charge is 0.351 e. The third-order valence-electron chi connectivity index (χ3n) is 5.80. The standard InChI is InChI=1S/C24H29ClN4O3/c1-15(2)21(28-22(30)19-5-3-4-6-20(19)27-24(26)32)23(31)29-13-11-17(12-14-29)16-7-9-18(25)10-8-16/h3-10,15,17,21H,11-14H2,1-2H3,(H,28,30)(H3,26,27,32)/t21-/m1/s1. The number of amides is 4. The lowest BCUT2D eigenvalue weighted by Gasteiger charge is -2.35. The van der Waals surface area contributed by atoms with Gasteiger partial charge in [0.25, 0.3) is 5.91 Å². The highest BCUT2D eigenvalue weighted by atomic mass is 35.5. The molecule has 32 heavy (non-hydrogen) atoms. The molecule has 0 bridgehead atoms. The van der Waals surface area contributed by atoms with Crippen LogP contribution in [0.2, 0.25) is 5.02 Å². The zero-order chi connectivity index (χ0) is 23.3. The number of carbonyl (C=O) groups is 3. The highest BCUT2D eigenvalue weighted by molar-refractivity contribution is 6.30. The summed E-state index contributed by atoms with van der Waals surface area (Å²) in [6.07, 6.45) is 1.72. The van der Waals surface area contributed by atoms with Crippen LogP contribution in [0.1, 0.15) is 48.5 Å². The summed E-state index contributed by atoms with van der Waals surface area (Å²) < 4.78 is 0. The number of halogens is 1. The van der Waals surface area contributed by atoms with Crippen molar-refractivity contribution in [2.75, 3.05) is 18.4 Å². The van der Waals surface area contributed by atoms with Crippen molar-refractivity contribution in [3.63, 3.8) is 0 Å². The number of hydrogen-bond acceptors (Lipinski definition) is 3. The first-order chi connectivity index (χ1) is 15.3. The molecule has 1 aliphatic heterocycles. The smallest absolute Gasteiger partial charge is 0.316 e. The van der Waals surface area contributed by atoms with Gasteiger partial charge in [-0.1, -0.05) is 49.7 Å². The number of anilines is 1. The lowest BCUT2D eigenvalue weighted by molar-refractivity contribution is -0.135. The lowest BCUT2D eigenvalue weighted by atomic mass is 9.89. The lowest BCUT2D eigenvalue weighted by Crippen LogP contribution is -2.53. The van der Waals surface area contributed by atoms with Crippen LogP contribution >= 0.6 is 11.6 Å². The van der Waals surface area contributed by atoms with Crippen LogP contribution in [0.3, 0.4) is 0 Å². The number of rotatable bonds is 6. The van der Waals surface area contributed by atoms with Crippen molar-refractivity contribution in [2.24, 2.45) is 11.7 Å². The minimum absolute atomic E-state index is 0.0942. The van der Waals surface area contributed by atoms with Crippen molar-refractivity contribution in [3.05, 3.63) is 64.7 Å². The molecule has 0 aromatic heterocycles. The Morgan fingerprint density at radius 2 is 1.66 bits per heavy atom. The molecule has 1 saturated heterocycles. The predicted molar refractivity (Wildman–Crippen MR) is 126 cm³/mol. The summed E-state index contributed by atoms with van der Waals surface area (Å²) in [7, 11) is 0. The Morgan fingerprint density at radius 1 is 1.03 bits per heavy atom. The van der Waals surface area contributed by atoms with Gasteiger partial charge in [-0.05, 0) is 54.5 Å². The molecule has 4 amide bonds. The topological polar surface area (TPSA) is 105 Å². The van der Waals surface area contributed by atoms with E-state index in [0.29, 0.717) is 29.7 Å². The molecule has 2 aromatic rings. The van der Waals surface area contributed by atoms with Crippen LogP contribution in [-0.4, -0.2) is 41.9 Å². The second-order valence-electron chi connectivity index (χ2n) is 8.38. The van der Waals surface area contributed by atoms with Crippen molar-refractivity contribution < 1.29 is 14.4 Å². The normalized spacial score (nSPS) is 15.3. The van der Waals surface area contributed by atoms with Gasteiger partial charge in [0, 0.05) is 18.1 Å². The van der Waals surface area contributed by atoms with Crippen molar-refractivity contribution in [1.29, 1.82) is 0 Å². The first kappa shape index (κ1) is 23.6. The molecule has 8 heteroatoms. The van der Waals surface area contributed by atoms with Gasteiger partial charge in [-0.25, -0.2) is 4.79 Å². The Morgan fingerprint density at radius 3 is 2.25 bits per heavy atom. The van der Waals surface area contributed by atoms with E-state index in [2.05, 4.69) is 10.6 Å².